The summed E-state index contributed by atoms with van der Waals surface area (Å²) in [6, 6.07) is 0. The molecule has 0 atom stereocenters. The van der Waals surface area contributed by atoms with Crippen LogP contribution in [0.2, 0.25) is 0 Å². The van der Waals surface area contributed by atoms with Gasteiger partial charge in [-0.25, -0.2) is 15.0 Å². The van der Waals surface area contributed by atoms with E-state index in [9.17, 15) is 0 Å². The Kier molecular flexibility index (Phi) is 23.4. The number of nitrogens with zero attached hydrogens (tertiary/aromatic N) is 3. The number of aromatic nitrogens is 3. The summed E-state index contributed by atoms with van der Waals surface area (Å²) in [4.78, 5) is 20.3. The van der Waals surface area contributed by atoms with Crippen LogP contribution in [-0.4, -0.2) is 45.1 Å². The Hall–Kier alpha value is -2.45. The molecule has 0 spiro atoms. The maximum Gasteiger partial charge on any atom is 0.300 e. The molecule has 1 heterocycles. The van der Waals surface area contributed by atoms with Crippen molar-refractivity contribution >= 4 is 17.9 Å². The lowest BCUT2D eigenvalue weighted by Crippen LogP contribution is -2.30. The average molecular weight is 412 g/mol. The van der Waals surface area contributed by atoms with E-state index < -0.39 is 5.97 Å². The van der Waals surface area contributed by atoms with Crippen molar-refractivity contribution in [3.05, 3.63) is 12.7 Å². The molecule has 0 aliphatic carbocycles. The molecule has 0 fully saturated rings. The fourth-order valence-corrected chi connectivity index (χ4v) is 2.32. The fraction of sp³-hybridized carbons (Fsp3) is 0.750. The molecule has 1 aromatic rings. The summed E-state index contributed by atoms with van der Waals surface area (Å²) in [5.41, 5.74) is 5.18. The number of nitrogens with two attached hydrogens (primary N) is 1. The minimum atomic E-state index is -0.833. The SMILES string of the molecule is CC(=O)O.CCCCCCCCCCCCNC(=N)N.CCNc1ncncn1. The normalized spacial score (nSPS) is 9.34. The molecule has 168 valence electrons. The quantitative estimate of drug-likeness (QED) is 0.187. The second kappa shape index (κ2) is 23.6. The highest BCUT2D eigenvalue weighted by atomic mass is 16.4. The van der Waals surface area contributed by atoms with Crippen LogP contribution >= 0.6 is 0 Å². The Bertz CT molecular complexity index is 483. The van der Waals surface area contributed by atoms with Crippen molar-refractivity contribution in [2.24, 2.45) is 5.73 Å². The Morgan fingerprint density at radius 3 is 1.86 bits per heavy atom. The lowest BCUT2D eigenvalue weighted by atomic mass is 10.1. The Balaban J connectivity index is 0. The van der Waals surface area contributed by atoms with E-state index in [-0.39, 0.29) is 5.96 Å². The summed E-state index contributed by atoms with van der Waals surface area (Å²) in [5.74, 6) is -0.108. The zero-order valence-electron chi connectivity index (χ0n) is 18.4. The molecule has 0 unspecified atom stereocenters. The van der Waals surface area contributed by atoms with Crippen LogP contribution in [0.4, 0.5) is 5.95 Å². The van der Waals surface area contributed by atoms with Gasteiger partial charge >= 0.3 is 0 Å². The van der Waals surface area contributed by atoms with Crippen molar-refractivity contribution in [3.8, 4) is 0 Å². The lowest BCUT2D eigenvalue weighted by Gasteiger charge is -2.03. The number of carboxylic acids is 1. The van der Waals surface area contributed by atoms with E-state index in [0.717, 1.165) is 26.4 Å². The van der Waals surface area contributed by atoms with Gasteiger partial charge in [0.15, 0.2) is 5.96 Å². The summed E-state index contributed by atoms with van der Waals surface area (Å²) in [5, 5.41) is 20.2. The first-order valence-corrected chi connectivity index (χ1v) is 10.6. The van der Waals surface area contributed by atoms with Crippen LogP contribution in [0.5, 0.6) is 0 Å². The molecular formula is C20H41N7O2. The molecule has 1 aromatic heterocycles. The lowest BCUT2D eigenvalue weighted by molar-refractivity contribution is -0.134. The van der Waals surface area contributed by atoms with Gasteiger partial charge in [0, 0.05) is 20.0 Å². The molecular weight excluding hydrogens is 370 g/mol. The van der Waals surface area contributed by atoms with Crippen LogP contribution in [0.1, 0.15) is 85.0 Å². The van der Waals surface area contributed by atoms with Gasteiger partial charge < -0.3 is 21.5 Å². The zero-order chi connectivity index (χ0) is 22.2. The number of anilines is 1. The van der Waals surface area contributed by atoms with Gasteiger partial charge in [0.1, 0.15) is 12.7 Å². The number of nitrogens with one attached hydrogen (secondary N) is 3. The van der Waals surface area contributed by atoms with Gasteiger partial charge in [-0.3, -0.25) is 10.2 Å². The van der Waals surface area contributed by atoms with Crippen LogP contribution in [0.25, 0.3) is 0 Å². The van der Waals surface area contributed by atoms with Gasteiger partial charge in [-0.1, -0.05) is 64.7 Å². The van der Waals surface area contributed by atoms with E-state index >= 15 is 0 Å². The van der Waals surface area contributed by atoms with Crippen LogP contribution in [0.3, 0.4) is 0 Å². The second-order valence-corrected chi connectivity index (χ2v) is 6.53. The molecule has 0 bridgehead atoms. The largest absolute Gasteiger partial charge is 0.481 e. The van der Waals surface area contributed by atoms with Gasteiger partial charge in [-0.15, -0.1) is 0 Å². The van der Waals surface area contributed by atoms with Crippen LogP contribution in [0, 0.1) is 5.41 Å². The third-order valence-electron chi connectivity index (χ3n) is 3.67. The first-order chi connectivity index (χ1) is 13.9. The maximum atomic E-state index is 9.00. The number of hydrogen-bond acceptors (Lipinski definition) is 6. The highest BCUT2D eigenvalue weighted by Gasteiger charge is 1.93. The molecule has 0 radical (unpaired) electrons. The number of rotatable bonds is 13. The Labute approximate surface area is 175 Å². The topological polar surface area (TPSA) is 150 Å². The van der Waals surface area contributed by atoms with Crippen LogP contribution in [0.15, 0.2) is 12.7 Å². The molecule has 0 aliphatic rings. The van der Waals surface area contributed by atoms with Crippen LogP contribution in [-0.2, 0) is 4.79 Å². The van der Waals surface area contributed by atoms with E-state index in [1.165, 1.54) is 70.4 Å². The minimum Gasteiger partial charge on any atom is -0.481 e. The van der Waals surface area contributed by atoms with Crippen molar-refractivity contribution in [1.29, 1.82) is 5.41 Å². The Morgan fingerprint density at radius 2 is 1.45 bits per heavy atom. The molecule has 1 rings (SSSR count). The van der Waals surface area contributed by atoms with Gasteiger partial charge in [0.05, 0.1) is 0 Å². The number of hydrogen-bond donors (Lipinski definition) is 5. The molecule has 0 amide bonds. The smallest absolute Gasteiger partial charge is 0.300 e. The Morgan fingerprint density at radius 1 is 1.00 bits per heavy atom. The maximum absolute atomic E-state index is 9.00. The number of carbonyl (C=O) groups is 1. The third kappa shape index (κ3) is 30.5. The van der Waals surface area contributed by atoms with Gasteiger partial charge in [-0.2, -0.15) is 0 Å². The van der Waals surface area contributed by atoms with Crippen molar-refractivity contribution < 1.29 is 9.90 Å². The third-order valence-corrected chi connectivity index (χ3v) is 3.67. The first-order valence-electron chi connectivity index (χ1n) is 10.6. The van der Waals surface area contributed by atoms with Gasteiger partial charge in [0.2, 0.25) is 5.95 Å². The molecule has 0 saturated heterocycles. The summed E-state index contributed by atoms with van der Waals surface area (Å²) in [7, 11) is 0. The first kappa shape index (κ1) is 28.8. The minimum absolute atomic E-state index is 0.0934. The summed E-state index contributed by atoms with van der Waals surface area (Å²) >= 11 is 0. The standard InChI is InChI=1S/C13H29N3.C5H8N4.C2H4O2/c1-2-3-4-5-6-7-8-9-10-11-12-16-13(14)15;1-2-7-5-8-3-6-4-9-5;1-2(3)4/h2-12H2,1H3,(H4,14,15,16);3-4H,2H2,1H3,(H,6,7,8,9);1H3,(H,3,4). The predicted molar refractivity (Wildman–Crippen MR) is 119 cm³/mol. The summed E-state index contributed by atoms with van der Waals surface area (Å²) in [6.45, 7) is 7.02. The van der Waals surface area contributed by atoms with Crippen LogP contribution < -0.4 is 16.4 Å². The summed E-state index contributed by atoms with van der Waals surface area (Å²) < 4.78 is 0. The highest BCUT2D eigenvalue weighted by molar-refractivity contribution is 5.74. The molecule has 0 aromatic carbocycles. The number of unbranched alkanes of at least 4 members (excludes halogenated alkanes) is 9. The zero-order valence-corrected chi connectivity index (χ0v) is 18.4. The van der Waals surface area contributed by atoms with E-state index in [1.54, 1.807) is 0 Å². The van der Waals surface area contributed by atoms with E-state index in [0.29, 0.717) is 5.95 Å². The molecule has 9 heteroatoms. The average Bonchev–Trinajstić information content (AvgIpc) is 2.67. The second-order valence-electron chi connectivity index (χ2n) is 6.53. The van der Waals surface area contributed by atoms with Gasteiger partial charge in [0.25, 0.3) is 5.97 Å². The van der Waals surface area contributed by atoms with Gasteiger partial charge in [-0.05, 0) is 13.3 Å². The van der Waals surface area contributed by atoms with Crippen molar-refractivity contribution in [1.82, 2.24) is 20.3 Å². The predicted octanol–water partition coefficient (Wildman–Crippen LogP) is 3.78. The number of aliphatic carboxylic acids is 1. The summed E-state index contributed by atoms with van der Waals surface area (Å²) in [6.07, 6.45) is 16.4. The molecule has 0 saturated carbocycles. The fourth-order valence-electron chi connectivity index (χ4n) is 2.32. The number of carboxylic acid groups (broad SMARTS) is 1. The van der Waals surface area contributed by atoms with E-state index in [1.807, 2.05) is 6.92 Å². The molecule has 0 aliphatic heterocycles. The monoisotopic (exact) mass is 411 g/mol. The van der Waals surface area contributed by atoms with Crippen molar-refractivity contribution in [3.63, 3.8) is 0 Å². The molecule has 29 heavy (non-hydrogen) atoms. The molecule has 6 N–H and O–H groups in total. The number of guanidine groups is 1. The van der Waals surface area contributed by atoms with Crippen molar-refractivity contribution in [2.45, 2.75) is 85.0 Å². The molecule has 9 nitrogen and oxygen atoms in total. The van der Waals surface area contributed by atoms with Crippen molar-refractivity contribution in [2.75, 3.05) is 18.4 Å². The highest BCUT2D eigenvalue weighted by Crippen LogP contribution is 2.10. The van der Waals surface area contributed by atoms with E-state index in [4.69, 9.17) is 21.0 Å². The van der Waals surface area contributed by atoms with E-state index in [2.05, 4.69) is 32.5 Å².